The number of amides is 3. The van der Waals surface area contributed by atoms with E-state index in [1.54, 1.807) is 11.1 Å². The summed E-state index contributed by atoms with van der Waals surface area (Å²) in [6, 6.07) is 3.44. The van der Waals surface area contributed by atoms with Crippen molar-refractivity contribution < 1.29 is 28.2 Å². The molecule has 2 bridgehead atoms. The van der Waals surface area contributed by atoms with Crippen molar-refractivity contribution in [1.82, 2.24) is 24.7 Å². The van der Waals surface area contributed by atoms with Crippen LogP contribution in [0.3, 0.4) is 0 Å². The Morgan fingerprint density at radius 1 is 1.00 bits per heavy atom. The van der Waals surface area contributed by atoms with Crippen LogP contribution in [0, 0.1) is 29.0 Å². The number of halogens is 1. The SMILES string of the molecule is CC(C)N(C(=O)c1cc(F)ccc1Oc1cncnc1N1CC2(CCN(C(=O)[C@@H]3[C@@H]4CCC([C@@H](CC5CC5)C4)N3C(=O)OC(C)(C)C)CC2)C1)C(C)C. The maximum atomic E-state index is 14.5. The molecular weight excluding hydrogens is 675 g/mol. The van der Waals surface area contributed by atoms with Gasteiger partial charge in [0.2, 0.25) is 5.91 Å². The van der Waals surface area contributed by atoms with E-state index in [1.807, 2.05) is 58.3 Å². The van der Waals surface area contributed by atoms with Gasteiger partial charge in [0.05, 0.1) is 11.8 Å². The number of fused-ring (bicyclic) bond motifs is 3. The van der Waals surface area contributed by atoms with Crippen LogP contribution in [0.15, 0.2) is 30.7 Å². The number of benzene rings is 1. The molecule has 6 aliphatic rings. The molecule has 3 amide bonds. The second-order valence-corrected chi connectivity index (χ2v) is 17.9. The van der Waals surface area contributed by atoms with Crippen molar-refractivity contribution in [2.24, 2.45) is 23.2 Å². The molecule has 53 heavy (non-hydrogen) atoms. The molecule has 1 aromatic heterocycles. The van der Waals surface area contributed by atoms with Gasteiger partial charge in [-0.1, -0.05) is 12.8 Å². The number of ether oxygens (including phenoxy) is 2. The van der Waals surface area contributed by atoms with E-state index in [4.69, 9.17) is 9.47 Å². The summed E-state index contributed by atoms with van der Waals surface area (Å²) >= 11 is 0. The average molecular weight is 733 g/mol. The highest BCUT2D eigenvalue weighted by Gasteiger charge is 2.55. The first-order valence-corrected chi connectivity index (χ1v) is 19.8. The first-order valence-electron chi connectivity index (χ1n) is 19.8. The summed E-state index contributed by atoms with van der Waals surface area (Å²) in [6.07, 6.45) is 11.1. The highest BCUT2D eigenvalue weighted by molar-refractivity contribution is 5.97. The lowest BCUT2D eigenvalue weighted by atomic mass is 9.66. The Bertz CT molecular complexity index is 1680. The summed E-state index contributed by atoms with van der Waals surface area (Å²) in [7, 11) is 0. The Balaban J connectivity index is 1.02. The van der Waals surface area contributed by atoms with Crippen LogP contribution in [-0.2, 0) is 9.53 Å². The molecule has 1 spiro atoms. The summed E-state index contributed by atoms with van der Waals surface area (Å²) < 4.78 is 26.7. The summed E-state index contributed by atoms with van der Waals surface area (Å²) in [5, 5.41) is 0. The van der Waals surface area contributed by atoms with Gasteiger partial charge < -0.3 is 24.2 Å². The number of hydrogen-bond donors (Lipinski definition) is 0. The fraction of sp³-hybridized carbons (Fsp3) is 0.683. The number of piperidine rings is 3. The van der Waals surface area contributed by atoms with Crippen LogP contribution in [0.2, 0.25) is 0 Å². The monoisotopic (exact) mass is 732 g/mol. The van der Waals surface area contributed by atoms with Crippen LogP contribution in [0.25, 0.3) is 0 Å². The predicted octanol–water partition coefficient (Wildman–Crippen LogP) is 7.30. The second kappa shape index (κ2) is 14.4. The van der Waals surface area contributed by atoms with E-state index in [9.17, 15) is 18.8 Å². The van der Waals surface area contributed by atoms with Gasteiger partial charge in [-0.05, 0) is 123 Å². The van der Waals surface area contributed by atoms with Crippen LogP contribution in [-0.4, -0.2) is 98.5 Å². The fourth-order valence-corrected chi connectivity index (χ4v) is 9.61. The van der Waals surface area contributed by atoms with Gasteiger partial charge in [-0.3, -0.25) is 14.5 Å². The Kier molecular flexibility index (Phi) is 10.1. The van der Waals surface area contributed by atoms with E-state index in [1.165, 1.54) is 37.4 Å². The topological polar surface area (TPSA) is 108 Å². The van der Waals surface area contributed by atoms with Crippen LogP contribution >= 0.6 is 0 Å². The van der Waals surface area contributed by atoms with Crippen molar-refractivity contribution in [2.75, 3.05) is 31.1 Å². The Labute approximate surface area is 313 Å². The van der Waals surface area contributed by atoms with Crippen molar-refractivity contribution in [3.8, 4) is 11.5 Å². The third-order valence-electron chi connectivity index (χ3n) is 12.2. The molecular formula is C41H57FN6O5. The van der Waals surface area contributed by atoms with Gasteiger partial charge in [-0.25, -0.2) is 19.2 Å². The molecule has 2 saturated carbocycles. The Hall–Kier alpha value is -3.96. The second-order valence-electron chi connectivity index (χ2n) is 17.9. The summed E-state index contributed by atoms with van der Waals surface area (Å²) in [5.41, 5.74) is -0.456. The smallest absolute Gasteiger partial charge is 0.411 e. The molecule has 11 nitrogen and oxygen atoms in total. The molecule has 4 atom stereocenters. The first-order chi connectivity index (χ1) is 25.1. The van der Waals surface area contributed by atoms with Crippen molar-refractivity contribution >= 4 is 23.7 Å². The molecule has 8 rings (SSSR count). The lowest BCUT2D eigenvalue weighted by Gasteiger charge is -2.57. The lowest BCUT2D eigenvalue weighted by Crippen LogP contribution is -2.67. The molecule has 12 heteroatoms. The summed E-state index contributed by atoms with van der Waals surface area (Å²) in [5.74, 6) is 1.90. The molecule has 2 aromatic rings. The molecule has 0 radical (unpaired) electrons. The minimum absolute atomic E-state index is 0.0246. The zero-order valence-corrected chi connectivity index (χ0v) is 32.5. The van der Waals surface area contributed by atoms with E-state index in [2.05, 4.69) is 14.9 Å². The van der Waals surface area contributed by atoms with E-state index < -0.39 is 17.5 Å². The quantitative estimate of drug-likeness (QED) is 0.265. The molecule has 2 aliphatic carbocycles. The molecule has 1 aromatic carbocycles. The molecule has 4 saturated heterocycles. The maximum absolute atomic E-state index is 14.5. The molecule has 5 heterocycles. The Morgan fingerprint density at radius 2 is 1.70 bits per heavy atom. The van der Waals surface area contributed by atoms with Gasteiger partial charge >= 0.3 is 6.09 Å². The molecule has 4 aliphatic heterocycles. The van der Waals surface area contributed by atoms with E-state index in [-0.39, 0.29) is 58.7 Å². The number of hydrogen-bond acceptors (Lipinski definition) is 8. The number of likely N-dealkylation sites (tertiary alicyclic amines) is 1. The minimum Gasteiger partial charge on any atom is -0.451 e. The zero-order chi connectivity index (χ0) is 37.8. The zero-order valence-electron chi connectivity index (χ0n) is 32.5. The van der Waals surface area contributed by atoms with Crippen molar-refractivity contribution in [2.45, 2.75) is 130 Å². The van der Waals surface area contributed by atoms with Crippen molar-refractivity contribution in [3.63, 3.8) is 0 Å². The maximum Gasteiger partial charge on any atom is 0.411 e. The molecule has 0 N–H and O–H groups in total. The normalized spacial score (nSPS) is 25.1. The van der Waals surface area contributed by atoms with E-state index in [0.717, 1.165) is 57.5 Å². The van der Waals surface area contributed by atoms with E-state index in [0.29, 0.717) is 30.6 Å². The highest BCUT2D eigenvalue weighted by Crippen LogP contribution is 2.50. The van der Waals surface area contributed by atoms with Crippen LogP contribution in [0.5, 0.6) is 11.5 Å². The summed E-state index contributed by atoms with van der Waals surface area (Å²) in [4.78, 5) is 58.3. The molecule has 6 fully saturated rings. The highest BCUT2D eigenvalue weighted by atomic mass is 19.1. The van der Waals surface area contributed by atoms with Crippen LogP contribution in [0.1, 0.15) is 110 Å². The summed E-state index contributed by atoms with van der Waals surface area (Å²) in [6.45, 7) is 16.2. The number of anilines is 1. The van der Waals surface area contributed by atoms with Gasteiger partial charge in [0.25, 0.3) is 5.91 Å². The van der Waals surface area contributed by atoms with Crippen LogP contribution < -0.4 is 9.64 Å². The van der Waals surface area contributed by atoms with Gasteiger partial charge in [0.15, 0.2) is 11.6 Å². The van der Waals surface area contributed by atoms with Gasteiger partial charge in [0.1, 0.15) is 29.5 Å². The van der Waals surface area contributed by atoms with Crippen molar-refractivity contribution in [1.29, 1.82) is 0 Å². The lowest BCUT2D eigenvalue weighted by molar-refractivity contribution is -0.151. The van der Waals surface area contributed by atoms with E-state index >= 15 is 0 Å². The van der Waals surface area contributed by atoms with Crippen LogP contribution in [0.4, 0.5) is 15.0 Å². The largest absolute Gasteiger partial charge is 0.451 e. The third-order valence-corrected chi connectivity index (χ3v) is 12.2. The number of carbonyl (C=O) groups is 3. The minimum atomic E-state index is -0.628. The number of rotatable bonds is 9. The Morgan fingerprint density at radius 3 is 2.34 bits per heavy atom. The number of nitrogens with zero attached hydrogens (tertiary/aromatic N) is 6. The number of aromatic nitrogens is 2. The standard InChI is InChI=1S/C41H57FN6O5/c1-25(2)47(26(3)4)37(49)31-20-30(42)11-13-33(31)52-34-21-43-24-44-36(34)46-22-41(23-46)14-16-45(17-15-41)38(50)35-28-10-12-32(29(19-28)18-27-8-9-27)48(35)39(51)53-40(5,6)7/h11,13,20-21,24-29,32,35H,8-10,12,14-19,22-23H2,1-7H3/t28-,29+,32?,35+/m1/s1. The first kappa shape index (κ1) is 37.4. The molecule has 1 unspecified atom stereocenters. The van der Waals surface area contributed by atoms with Gasteiger partial charge in [-0.15, -0.1) is 0 Å². The van der Waals surface area contributed by atoms with Gasteiger partial charge in [-0.2, -0.15) is 0 Å². The third kappa shape index (κ3) is 7.69. The predicted molar refractivity (Wildman–Crippen MR) is 199 cm³/mol. The van der Waals surface area contributed by atoms with Gasteiger partial charge in [0, 0.05) is 49.7 Å². The number of carbonyl (C=O) groups excluding carboxylic acids is 3. The van der Waals surface area contributed by atoms with Crippen molar-refractivity contribution in [3.05, 3.63) is 42.1 Å². The fourth-order valence-electron chi connectivity index (χ4n) is 9.61. The molecule has 288 valence electrons. The average Bonchev–Trinajstić information content (AvgIpc) is 3.91.